The zero-order chi connectivity index (χ0) is 16.5. The van der Waals surface area contributed by atoms with E-state index in [-0.39, 0.29) is 5.91 Å². The van der Waals surface area contributed by atoms with Crippen LogP contribution in [0.2, 0.25) is 0 Å². The first kappa shape index (κ1) is 17.2. The standard InChI is InChI=1S/C20H26N2O/c1-16-8-12-19(13-9-16)20(23)22-15-14-21-17(2)10-11-18-6-4-3-5-7-18/h3-9,12-13,17,21H,10-11,14-15H2,1-2H3,(H,22,23). The van der Waals surface area contributed by atoms with Crippen molar-refractivity contribution >= 4 is 5.91 Å². The Hall–Kier alpha value is -2.13. The van der Waals surface area contributed by atoms with Crippen molar-refractivity contribution in [1.82, 2.24) is 10.6 Å². The van der Waals surface area contributed by atoms with Crippen LogP contribution in [0.25, 0.3) is 0 Å². The molecule has 122 valence electrons. The molecule has 0 aliphatic heterocycles. The Labute approximate surface area is 139 Å². The third kappa shape index (κ3) is 6.25. The number of carbonyl (C=O) groups is 1. The van der Waals surface area contributed by atoms with E-state index in [9.17, 15) is 4.79 Å². The fourth-order valence-corrected chi connectivity index (χ4v) is 2.43. The van der Waals surface area contributed by atoms with E-state index in [1.807, 2.05) is 37.3 Å². The highest BCUT2D eigenvalue weighted by molar-refractivity contribution is 5.94. The van der Waals surface area contributed by atoms with Gasteiger partial charge >= 0.3 is 0 Å². The average molecular weight is 310 g/mol. The molecule has 0 saturated carbocycles. The van der Waals surface area contributed by atoms with Gasteiger partial charge in [-0.3, -0.25) is 4.79 Å². The maximum Gasteiger partial charge on any atom is 0.251 e. The van der Waals surface area contributed by atoms with Crippen molar-refractivity contribution in [2.75, 3.05) is 13.1 Å². The molecule has 0 heterocycles. The molecule has 0 aliphatic rings. The molecular weight excluding hydrogens is 284 g/mol. The maximum absolute atomic E-state index is 12.0. The van der Waals surface area contributed by atoms with E-state index in [4.69, 9.17) is 0 Å². The topological polar surface area (TPSA) is 41.1 Å². The first-order chi connectivity index (χ1) is 11.1. The summed E-state index contributed by atoms with van der Waals surface area (Å²) in [6.45, 7) is 5.63. The highest BCUT2D eigenvalue weighted by Crippen LogP contribution is 2.05. The summed E-state index contributed by atoms with van der Waals surface area (Å²) in [5, 5.41) is 6.40. The summed E-state index contributed by atoms with van der Waals surface area (Å²) in [5.41, 5.74) is 3.25. The molecule has 2 aromatic carbocycles. The first-order valence-corrected chi connectivity index (χ1v) is 8.27. The van der Waals surface area contributed by atoms with Crippen molar-refractivity contribution < 1.29 is 4.79 Å². The van der Waals surface area contributed by atoms with Crippen LogP contribution in [0.5, 0.6) is 0 Å². The van der Waals surface area contributed by atoms with E-state index < -0.39 is 0 Å². The second-order valence-corrected chi connectivity index (χ2v) is 6.00. The van der Waals surface area contributed by atoms with Crippen LogP contribution >= 0.6 is 0 Å². The fraction of sp³-hybridized carbons (Fsp3) is 0.350. The van der Waals surface area contributed by atoms with Crippen LogP contribution < -0.4 is 10.6 Å². The van der Waals surface area contributed by atoms with E-state index in [1.165, 1.54) is 5.56 Å². The lowest BCUT2D eigenvalue weighted by molar-refractivity contribution is 0.0953. The lowest BCUT2D eigenvalue weighted by atomic mass is 10.1. The minimum absolute atomic E-state index is 0.0104. The van der Waals surface area contributed by atoms with Gasteiger partial charge in [0.2, 0.25) is 0 Å². The quantitative estimate of drug-likeness (QED) is 0.734. The van der Waals surface area contributed by atoms with Crippen LogP contribution in [0.3, 0.4) is 0 Å². The Morgan fingerprint density at radius 3 is 2.39 bits per heavy atom. The molecule has 1 amide bonds. The minimum Gasteiger partial charge on any atom is -0.351 e. The summed E-state index contributed by atoms with van der Waals surface area (Å²) >= 11 is 0. The van der Waals surface area contributed by atoms with Crippen molar-refractivity contribution in [2.45, 2.75) is 32.7 Å². The summed E-state index contributed by atoms with van der Waals surface area (Å²) in [5.74, 6) is -0.0104. The lowest BCUT2D eigenvalue weighted by Gasteiger charge is -2.14. The molecule has 1 unspecified atom stereocenters. The molecule has 0 radical (unpaired) electrons. The summed E-state index contributed by atoms with van der Waals surface area (Å²) in [6.07, 6.45) is 2.17. The molecule has 2 rings (SSSR count). The SMILES string of the molecule is Cc1ccc(C(=O)NCCNC(C)CCc2ccccc2)cc1. The second kappa shape index (κ2) is 9.11. The third-order valence-electron chi connectivity index (χ3n) is 3.93. The molecule has 23 heavy (non-hydrogen) atoms. The van der Waals surface area contributed by atoms with Gasteiger partial charge in [0.15, 0.2) is 0 Å². The molecule has 0 aromatic heterocycles. The van der Waals surface area contributed by atoms with Crippen LogP contribution in [0, 0.1) is 6.92 Å². The van der Waals surface area contributed by atoms with Crippen LogP contribution in [0.4, 0.5) is 0 Å². The van der Waals surface area contributed by atoms with Gasteiger partial charge in [-0.2, -0.15) is 0 Å². The van der Waals surface area contributed by atoms with Crippen LogP contribution in [-0.4, -0.2) is 25.0 Å². The van der Waals surface area contributed by atoms with Gasteiger partial charge in [0.1, 0.15) is 0 Å². The molecule has 0 saturated heterocycles. The zero-order valence-corrected chi connectivity index (χ0v) is 14.0. The number of benzene rings is 2. The Morgan fingerprint density at radius 1 is 1.00 bits per heavy atom. The molecule has 1 atom stereocenters. The van der Waals surface area contributed by atoms with Gasteiger partial charge in [-0.15, -0.1) is 0 Å². The van der Waals surface area contributed by atoms with Gasteiger partial charge in [0.25, 0.3) is 5.91 Å². The van der Waals surface area contributed by atoms with Gasteiger partial charge in [0, 0.05) is 24.7 Å². The van der Waals surface area contributed by atoms with Crippen molar-refractivity contribution in [2.24, 2.45) is 0 Å². The summed E-state index contributed by atoms with van der Waals surface area (Å²) < 4.78 is 0. The summed E-state index contributed by atoms with van der Waals surface area (Å²) in [6, 6.07) is 18.6. The molecule has 0 bridgehead atoms. The second-order valence-electron chi connectivity index (χ2n) is 6.00. The van der Waals surface area contributed by atoms with Crippen molar-refractivity contribution in [3.63, 3.8) is 0 Å². The number of aryl methyl sites for hydroxylation is 2. The molecular formula is C20H26N2O. The van der Waals surface area contributed by atoms with Crippen molar-refractivity contribution in [1.29, 1.82) is 0 Å². The predicted octanol–water partition coefficient (Wildman–Crippen LogP) is 3.34. The van der Waals surface area contributed by atoms with Gasteiger partial charge in [-0.25, -0.2) is 0 Å². The smallest absolute Gasteiger partial charge is 0.251 e. The highest BCUT2D eigenvalue weighted by atomic mass is 16.1. The summed E-state index contributed by atoms with van der Waals surface area (Å²) in [7, 11) is 0. The molecule has 0 aliphatic carbocycles. The number of rotatable bonds is 8. The Kier molecular flexibility index (Phi) is 6.82. The van der Waals surface area contributed by atoms with E-state index >= 15 is 0 Å². The minimum atomic E-state index is -0.0104. The first-order valence-electron chi connectivity index (χ1n) is 8.27. The molecule has 2 aromatic rings. The maximum atomic E-state index is 12.0. The van der Waals surface area contributed by atoms with Crippen molar-refractivity contribution in [3.05, 3.63) is 71.3 Å². The predicted molar refractivity (Wildman–Crippen MR) is 95.7 cm³/mol. The molecule has 3 nitrogen and oxygen atoms in total. The van der Waals surface area contributed by atoms with E-state index in [0.717, 1.165) is 24.9 Å². The van der Waals surface area contributed by atoms with Gasteiger partial charge in [0.05, 0.1) is 0 Å². The lowest BCUT2D eigenvalue weighted by Crippen LogP contribution is -2.36. The van der Waals surface area contributed by atoms with E-state index in [0.29, 0.717) is 18.2 Å². The third-order valence-corrected chi connectivity index (χ3v) is 3.93. The van der Waals surface area contributed by atoms with Crippen LogP contribution in [0.1, 0.15) is 34.8 Å². The van der Waals surface area contributed by atoms with E-state index in [2.05, 4.69) is 41.8 Å². The number of nitrogens with one attached hydrogen (secondary N) is 2. The Bertz CT molecular complexity index is 593. The average Bonchev–Trinajstić information content (AvgIpc) is 2.58. The highest BCUT2D eigenvalue weighted by Gasteiger charge is 2.05. The molecule has 0 fully saturated rings. The number of carbonyl (C=O) groups excluding carboxylic acids is 1. The van der Waals surface area contributed by atoms with Gasteiger partial charge in [-0.1, -0.05) is 48.0 Å². The number of amides is 1. The molecule has 2 N–H and O–H groups in total. The number of hydrogen-bond acceptors (Lipinski definition) is 2. The fourth-order valence-electron chi connectivity index (χ4n) is 2.43. The Balaban J connectivity index is 1.61. The molecule has 0 spiro atoms. The zero-order valence-electron chi connectivity index (χ0n) is 14.0. The van der Waals surface area contributed by atoms with Gasteiger partial charge < -0.3 is 10.6 Å². The number of hydrogen-bond donors (Lipinski definition) is 2. The monoisotopic (exact) mass is 310 g/mol. The Morgan fingerprint density at radius 2 is 1.70 bits per heavy atom. The van der Waals surface area contributed by atoms with Crippen LogP contribution in [-0.2, 0) is 6.42 Å². The van der Waals surface area contributed by atoms with E-state index in [1.54, 1.807) is 0 Å². The normalized spacial score (nSPS) is 11.9. The van der Waals surface area contributed by atoms with Gasteiger partial charge in [-0.05, 0) is 44.4 Å². The van der Waals surface area contributed by atoms with Crippen molar-refractivity contribution in [3.8, 4) is 0 Å². The summed E-state index contributed by atoms with van der Waals surface area (Å²) in [4.78, 5) is 12.0. The molecule has 3 heteroatoms. The van der Waals surface area contributed by atoms with Crippen LogP contribution in [0.15, 0.2) is 54.6 Å². The largest absolute Gasteiger partial charge is 0.351 e.